The molecule has 53 heavy (non-hydrogen) atoms. The maximum atomic E-state index is 17.7. The van der Waals surface area contributed by atoms with Gasteiger partial charge < -0.3 is 43.8 Å². The predicted molar refractivity (Wildman–Crippen MR) is 176 cm³/mol. The minimum absolute atomic E-state index is 0.0519. The summed E-state index contributed by atoms with van der Waals surface area (Å²) in [6.45, 7) is 5.38. The van der Waals surface area contributed by atoms with Crippen molar-refractivity contribution in [1.82, 2.24) is 0 Å². The Labute approximate surface area is 302 Å². The Morgan fingerprint density at radius 3 is 2.51 bits per heavy atom. The smallest absolute Gasteiger partial charge is 0.504 e. The van der Waals surface area contributed by atoms with Crippen LogP contribution in [0.4, 0.5) is 9.18 Å². The lowest BCUT2D eigenvalue weighted by molar-refractivity contribution is -0.757. The first-order valence-corrected chi connectivity index (χ1v) is 17.3. The van der Waals surface area contributed by atoms with Crippen molar-refractivity contribution in [2.45, 2.75) is 95.5 Å². The van der Waals surface area contributed by atoms with E-state index in [0.29, 0.717) is 5.57 Å². The maximum Gasteiger partial charge on any atom is 0.514 e. The zero-order valence-corrected chi connectivity index (χ0v) is 29.6. The molecule has 1 heterocycles. The Morgan fingerprint density at radius 1 is 1.08 bits per heavy atom. The number of Topliss-reactive ketones (excluding diaryl/α,β-unsaturated/α-hetero) is 1. The number of unbranched alkanes of at least 4 members (excludes halogenated alkanes) is 1. The average Bonchev–Trinajstić information content (AvgIpc) is 3.49. The number of aliphatic hydroxyl groups is 1. The molecule has 0 spiro atoms. The van der Waals surface area contributed by atoms with E-state index in [-0.39, 0.29) is 63.1 Å². The van der Waals surface area contributed by atoms with Crippen molar-refractivity contribution in [3.8, 4) is 17.2 Å². The third-order valence-electron chi connectivity index (χ3n) is 11.8. The van der Waals surface area contributed by atoms with Crippen molar-refractivity contribution in [2.75, 3.05) is 19.8 Å². The van der Waals surface area contributed by atoms with Gasteiger partial charge in [0.1, 0.15) is 0 Å². The number of carbonyl (C=O) groups is 4. The van der Waals surface area contributed by atoms with Crippen molar-refractivity contribution in [3.63, 3.8) is 0 Å². The molecule has 8 atom stereocenters. The van der Waals surface area contributed by atoms with E-state index in [1.807, 2.05) is 6.08 Å². The number of carbonyl (C=O) groups excluding carboxylic acids is 4. The molecular formula is C36H42FNO15. The van der Waals surface area contributed by atoms with Gasteiger partial charge >= 0.3 is 12.1 Å². The monoisotopic (exact) mass is 747 g/mol. The number of hydrogen-bond donors (Lipinski definition) is 3. The number of phenols is 2. The van der Waals surface area contributed by atoms with Crippen molar-refractivity contribution in [1.29, 1.82) is 0 Å². The largest absolute Gasteiger partial charge is 0.514 e. The summed E-state index contributed by atoms with van der Waals surface area (Å²) < 4.78 is 45.6. The summed E-state index contributed by atoms with van der Waals surface area (Å²) >= 11 is 0. The summed E-state index contributed by atoms with van der Waals surface area (Å²) in [4.78, 5) is 66.4. The number of phenolic OH excluding ortho intramolecular Hbond substituents is 2. The van der Waals surface area contributed by atoms with Gasteiger partial charge in [-0.15, -0.1) is 10.1 Å². The molecule has 288 valence electrons. The molecule has 0 amide bonds. The fourth-order valence-corrected chi connectivity index (χ4v) is 9.45. The van der Waals surface area contributed by atoms with Crippen LogP contribution in [0.2, 0.25) is 0 Å². The summed E-state index contributed by atoms with van der Waals surface area (Å²) in [6, 6.07) is 1.77. The Morgan fingerprint density at radius 2 is 1.79 bits per heavy atom. The minimum Gasteiger partial charge on any atom is -0.504 e. The maximum absolute atomic E-state index is 17.7. The normalized spacial score (nSPS) is 34.8. The lowest BCUT2D eigenvalue weighted by Crippen LogP contribution is -2.69. The van der Waals surface area contributed by atoms with Gasteiger partial charge in [0.25, 0.3) is 5.09 Å². The number of ether oxygens (including phenoxy) is 5. The zero-order valence-electron chi connectivity index (χ0n) is 29.6. The fourth-order valence-electron chi connectivity index (χ4n) is 9.45. The van der Waals surface area contributed by atoms with E-state index in [9.17, 15) is 44.6 Å². The first-order valence-electron chi connectivity index (χ1n) is 17.3. The van der Waals surface area contributed by atoms with Gasteiger partial charge in [0, 0.05) is 23.2 Å². The second kappa shape index (κ2) is 13.4. The summed E-state index contributed by atoms with van der Waals surface area (Å²) in [6.07, 6.45) is 1.47. The predicted octanol–water partition coefficient (Wildman–Crippen LogP) is 4.20. The van der Waals surface area contributed by atoms with Gasteiger partial charge in [0.2, 0.25) is 11.5 Å². The number of fused-ring (bicyclic) bond motifs is 7. The molecule has 0 radical (unpaired) electrons. The number of nitrogens with zero attached hydrogens (tertiary/aromatic N) is 1. The molecule has 5 aliphatic rings. The molecule has 2 saturated carbocycles. The van der Waals surface area contributed by atoms with Crippen LogP contribution in [-0.4, -0.2) is 93.2 Å². The number of allylic oxidation sites excluding steroid dienone is 4. The van der Waals surface area contributed by atoms with Gasteiger partial charge in [-0.2, -0.15) is 0 Å². The Bertz CT molecular complexity index is 1790. The molecule has 0 bridgehead atoms. The molecule has 3 fully saturated rings. The molecule has 2 unspecified atom stereocenters. The summed E-state index contributed by atoms with van der Waals surface area (Å²) in [7, 11) is 0. The van der Waals surface area contributed by atoms with Crippen molar-refractivity contribution >= 4 is 23.7 Å². The number of aliphatic hydroxyl groups excluding tert-OH is 1. The van der Waals surface area contributed by atoms with Crippen molar-refractivity contribution < 1.29 is 72.5 Å². The number of alkyl halides is 1. The van der Waals surface area contributed by atoms with E-state index in [0.717, 1.165) is 12.1 Å². The zero-order chi connectivity index (χ0) is 38.7. The molecule has 4 aliphatic carbocycles. The lowest BCUT2D eigenvalue weighted by atomic mass is 9.45. The molecule has 1 aromatic rings. The highest BCUT2D eigenvalue weighted by Crippen LogP contribution is 2.72. The van der Waals surface area contributed by atoms with E-state index >= 15 is 4.39 Å². The third-order valence-corrected chi connectivity index (χ3v) is 11.8. The van der Waals surface area contributed by atoms with Crippen molar-refractivity contribution in [2.24, 2.45) is 22.7 Å². The van der Waals surface area contributed by atoms with Crippen LogP contribution in [0.5, 0.6) is 17.2 Å². The number of aromatic hydroxyl groups is 2. The SMILES string of the molecule is CC1(C)O[C@@H]2CC3C4CC=C5CC(=O)C=C[C@]5(C)[C@@]4(F)[C@@H](O)C[C@]3(C)[C@]2(C(=O)COC(=O)Oc2cc(C(=O)OCCCCO[N+](=O)[O-])cc(O)c2O)O1. The summed E-state index contributed by atoms with van der Waals surface area (Å²) in [5.74, 6) is -6.89. The van der Waals surface area contributed by atoms with Crippen LogP contribution in [0, 0.1) is 32.8 Å². The third kappa shape index (κ3) is 6.11. The lowest BCUT2D eigenvalue weighted by Gasteiger charge is -2.62. The van der Waals surface area contributed by atoms with Crippen LogP contribution >= 0.6 is 0 Å². The number of hydrogen-bond acceptors (Lipinski definition) is 15. The first kappa shape index (κ1) is 38.1. The van der Waals surface area contributed by atoms with Crippen LogP contribution in [0.3, 0.4) is 0 Å². The molecule has 6 rings (SSSR count). The number of benzene rings is 1. The molecule has 3 N–H and O–H groups in total. The van der Waals surface area contributed by atoms with E-state index in [4.69, 9.17) is 23.7 Å². The van der Waals surface area contributed by atoms with E-state index in [1.54, 1.807) is 27.7 Å². The number of halogens is 1. The van der Waals surface area contributed by atoms with Gasteiger partial charge in [-0.25, -0.2) is 14.0 Å². The van der Waals surface area contributed by atoms with Crippen LogP contribution in [0.25, 0.3) is 0 Å². The average molecular weight is 748 g/mol. The second-order valence-corrected chi connectivity index (χ2v) is 15.1. The molecule has 1 aromatic carbocycles. The van der Waals surface area contributed by atoms with Crippen LogP contribution in [0.1, 0.15) is 76.6 Å². The Balaban J connectivity index is 1.17. The standard InChI is InChI=1S/C36H42FNO15/c1-32(2)52-28-16-23-22-8-7-20-15-21(39)9-10-33(20,3)35(22,37)26(41)17-34(23,4)36(28,53-32)27(42)18-49-31(45)51-25-14-19(13-24(40)29(25)43)30(44)48-11-5-6-12-50-38(46)47/h7,9-10,13-14,22-23,26,28,40-41,43H,5-6,8,11-12,15-18H2,1-4H3/t22?,23?,26-,28+,33-,34-,35-,36+/m0/s1. The van der Waals surface area contributed by atoms with Crippen LogP contribution in [-0.2, 0) is 33.4 Å². The van der Waals surface area contributed by atoms with Gasteiger partial charge in [-0.05, 0) is 77.0 Å². The topological polar surface area (TPSA) is 227 Å². The number of ketones is 2. The van der Waals surface area contributed by atoms with Gasteiger partial charge in [0.15, 0.2) is 40.9 Å². The minimum atomic E-state index is -2.17. The molecule has 0 aromatic heterocycles. The highest BCUT2D eigenvalue weighted by Gasteiger charge is 2.80. The van der Waals surface area contributed by atoms with E-state index in [2.05, 4.69) is 4.84 Å². The summed E-state index contributed by atoms with van der Waals surface area (Å²) in [5, 5.41) is 41.5. The van der Waals surface area contributed by atoms with Gasteiger partial charge in [0.05, 0.1) is 31.0 Å². The van der Waals surface area contributed by atoms with E-state index < -0.39 is 98.8 Å². The van der Waals surface area contributed by atoms with Crippen LogP contribution < -0.4 is 4.74 Å². The molecule has 17 heteroatoms. The van der Waals surface area contributed by atoms with Crippen molar-refractivity contribution in [3.05, 3.63) is 51.6 Å². The van der Waals surface area contributed by atoms with E-state index in [1.165, 1.54) is 12.2 Å². The quantitative estimate of drug-likeness (QED) is 0.0548. The molecule has 16 nitrogen and oxygen atoms in total. The molecule has 1 aliphatic heterocycles. The summed E-state index contributed by atoms with van der Waals surface area (Å²) in [5.41, 5.74) is -6.12. The molecular weight excluding hydrogens is 705 g/mol. The highest BCUT2D eigenvalue weighted by atomic mass is 19.1. The van der Waals surface area contributed by atoms with Gasteiger partial charge in [-0.3, -0.25) is 9.59 Å². The second-order valence-electron chi connectivity index (χ2n) is 15.1. The number of esters is 1. The number of rotatable bonds is 11. The Hall–Kier alpha value is -4.61. The first-order chi connectivity index (χ1) is 24.8. The highest BCUT2D eigenvalue weighted by molar-refractivity contribution is 5.94. The Kier molecular flexibility index (Phi) is 9.61. The fraction of sp³-hybridized carbons (Fsp3) is 0.611. The van der Waals surface area contributed by atoms with Crippen LogP contribution in [0.15, 0.2) is 35.9 Å². The van der Waals surface area contributed by atoms with Gasteiger partial charge in [-0.1, -0.05) is 24.6 Å². The molecule has 1 saturated heterocycles.